The van der Waals surface area contributed by atoms with Crippen LogP contribution >= 0.6 is 0 Å². The molecule has 0 bridgehead atoms. The van der Waals surface area contributed by atoms with Crippen LogP contribution in [0.4, 0.5) is 22.0 Å². The van der Waals surface area contributed by atoms with Crippen molar-refractivity contribution in [3.8, 4) is 0 Å². The summed E-state index contributed by atoms with van der Waals surface area (Å²) in [5, 5.41) is -5.43. The highest BCUT2D eigenvalue weighted by molar-refractivity contribution is 7.86. The van der Waals surface area contributed by atoms with Crippen molar-refractivity contribution in [1.82, 2.24) is 0 Å². The van der Waals surface area contributed by atoms with E-state index in [0.717, 1.165) is 13.8 Å². The first-order valence-electron chi connectivity index (χ1n) is 6.47. The highest BCUT2D eigenvalue weighted by Crippen LogP contribution is 2.38. The molecule has 0 saturated carbocycles. The summed E-state index contributed by atoms with van der Waals surface area (Å²) in [6, 6.07) is 0. The Labute approximate surface area is 148 Å². The third-order valence-corrected chi connectivity index (χ3v) is 3.29. The summed E-state index contributed by atoms with van der Waals surface area (Å²) in [5.41, 5.74) is -0.741. The molecule has 0 aliphatic heterocycles. The number of ketones is 1. The number of esters is 2. The summed E-state index contributed by atoms with van der Waals surface area (Å²) in [5.74, 6) is -10.5. The van der Waals surface area contributed by atoms with Gasteiger partial charge in [-0.1, -0.05) is 6.58 Å². The molecule has 0 spiro atoms. The molecule has 0 aliphatic carbocycles. The highest BCUT2D eigenvalue weighted by Gasteiger charge is 2.69. The molecule has 0 radical (unpaired) electrons. The summed E-state index contributed by atoms with van der Waals surface area (Å²) < 4.78 is 109. The molecule has 0 aromatic rings. The molecule has 0 aliphatic rings. The van der Waals surface area contributed by atoms with Gasteiger partial charge in [-0.15, -0.1) is 0 Å². The SMILES string of the molecule is C=C(C)C(=O)OC(OCC(F)(F)S(=O)(=O)[O-])(C(=O)OCC(C)=O)C(F)(F)F. The molecule has 156 valence electrons. The van der Waals surface area contributed by atoms with E-state index >= 15 is 0 Å². The quantitative estimate of drug-likeness (QED) is 0.171. The number of alkyl halides is 5. The third-order valence-electron chi connectivity index (χ3n) is 2.44. The first-order valence-corrected chi connectivity index (χ1v) is 7.87. The van der Waals surface area contributed by atoms with Gasteiger partial charge in [-0.25, -0.2) is 18.0 Å². The third kappa shape index (κ3) is 6.21. The molecule has 1 unspecified atom stereocenters. The van der Waals surface area contributed by atoms with Gasteiger partial charge >= 0.3 is 29.2 Å². The van der Waals surface area contributed by atoms with Crippen molar-refractivity contribution < 1.29 is 63.5 Å². The average molecular weight is 427 g/mol. The molecule has 0 heterocycles. The second-order valence-corrected chi connectivity index (χ2v) is 6.45. The fourth-order valence-electron chi connectivity index (χ4n) is 1.12. The predicted molar refractivity (Wildman–Crippen MR) is 71.9 cm³/mol. The summed E-state index contributed by atoms with van der Waals surface area (Å²) in [6.07, 6.45) is -6.09. The Morgan fingerprint density at radius 2 is 1.56 bits per heavy atom. The zero-order valence-electron chi connectivity index (χ0n) is 13.6. The lowest BCUT2D eigenvalue weighted by molar-refractivity contribution is -0.359. The van der Waals surface area contributed by atoms with E-state index in [9.17, 15) is 49.3 Å². The van der Waals surface area contributed by atoms with Gasteiger partial charge in [0.25, 0.3) is 0 Å². The number of rotatable bonds is 9. The Bertz CT molecular complexity index is 728. The number of carbonyl (C=O) groups excluding carboxylic acids is 3. The molecule has 1 atom stereocenters. The highest BCUT2D eigenvalue weighted by atomic mass is 32.2. The van der Waals surface area contributed by atoms with Crippen LogP contribution in [-0.4, -0.2) is 61.1 Å². The minimum absolute atomic E-state index is 0.741. The van der Waals surface area contributed by atoms with E-state index in [0.29, 0.717) is 0 Å². The topological polar surface area (TPSA) is 136 Å². The zero-order chi connectivity index (χ0) is 21.8. The summed E-state index contributed by atoms with van der Waals surface area (Å²) >= 11 is 0. The lowest BCUT2D eigenvalue weighted by Gasteiger charge is -2.33. The van der Waals surface area contributed by atoms with Gasteiger partial charge < -0.3 is 18.8 Å². The second-order valence-electron chi connectivity index (χ2n) is 4.94. The van der Waals surface area contributed by atoms with Crippen LogP contribution in [-0.2, 0) is 38.7 Å². The van der Waals surface area contributed by atoms with E-state index in [2.05, 4.69) is 20.8 Å². The maximum absolute atomic E-state index is 13.4. The Morgan fingerprint density at radius 3 is 1.89 bits per heavy atom. The minimum atomic E-state index is -6.51. The van der Waals surface area contributed by atoms with Gasteiger partial charge in [0.15, 0.2) is 15.9 Å². The molecule has 0 aromatic heterocycles. The van der Waals surface area contributed by atoms with Crippen LogP contribution in [0.2, 0.25) is 0 Å². The van der Waals surface area contributed by atoms with E-state index in [1.807, 2.05) is 0 Å². The lowest BCUT2D eigenvalue weighted by atomic mass is 10.2. The molecule has 27 heavy (non-hydrogen) atoms. The first kappa shape index (κ1) is 24.9. The van der Waals surface area contributed by atoms with Gasteiger partial charge in [-0.3, -0.25) is 4.79 Å². The minimum Gasteiger partial charge on any atom is -0.743 e. The van der Waals surface area contributed by atoms with Crippen molar-refractivity contribution in [3.63, 3.8) is 0 Å². The Morgan fingerprint density at radius 1 is 1.07 bits per heavy atom. The fourth-order valence-corrected chi connectivity index (χ4v) is 1.33. The number of halogens is 5. The van der Waals surface area contributed by atoms with Crippen molar-refractivity contribution in [2.45, 2.75) is 31.1 Å². The van der Waals surface area contributed by atoms with E-state index < -0.39 is 63.8 Å². The molecular formula is C12H12F5O9S-. The Hall–Kier alpha value is -2.13. The number of Topliss-reactive ketones (excluding diaryl/α,β-unsaturated/α-hetero) is 1. The summed E-state index contributed by atoms with van der Waals surface area (Å²) in [7, 11) is -6.51. The van der Waals surface area contributed by atoms with Crippen LogP contribution in [0.3, 0.4) is 0 Å². The average Bonchev–Trinajstić information content (AvgIpc) is 2.46. The van der Waals surface area contributed by atoms with Crippen LogP contribution in [0.5, 0.6) is 0 Å². The van der Waals surface area contributed by atoms with Gasteiger partial charge in [0.1, 0.15) is 13.2 Å². The second kappa shape index (κ2) is 8.26. The van der Waals surface area contributed by atoms with Crippen LogP contribution in [0.25, 0.3) is 0 Å². The van der Waals surface area contributed by atoms with E-state index in [1.54, 1.807) is 0 Å². The standard InChI is InChI=1S/C12H13F5O9S/c1-6(2)8(19)26-11(12(15,16)17,9(20)24-4-7(3)18)25-5-10(13,14)27(21,22)23/h1,4-5H2,2-3H3,(H,21,22,23)/p-1. The molecule has 0 fully saturated rings. The molecule has 0 aromatic carbocycles. The number of ether oxygens (including phenoxy) is 3. The van der Waals surface area contributed by atoms with Gasteiger partial charge in [0.2, 0.25) is 0 Å². The molecule has 0 N–H and O–H groups in total. The van der Waals surface area contributed by atoms with Gasteiger partial charge in [-0.2, -0.15) is 22.0 Å². The monoisotopic (exact) mass is 427 g/mol. The maximum Gasteiger partial charge on any atom is 0.468 e. The van der Waals surface area contributed by atoms with Crippen molar-refractivity contribution >= 4 is 27.8 Å². The van der Waals surface area contributed by atoms with Crippen molar-refractivity contribution in [1.29, 1.82) is 0 Å². The molecule has 0 saturated heterocycles. The Kier molecular flexibility index (Phi) is 7.61. The molecule has 0 rings (SSSR count). The van der Waals surface area contributed by atoms with Crippen molar-refractivity contribution in [2.24, 2.45) is 0 Å². The lowest BCUT2D eigenvalue weighted by Crippen LogP contribution is -2.60. The molecule has 15 heteroatoms. The number of hydrogen-bond acceptors (Lipinski definition) is 9. The van der Waals surface area contributed by atoms with Crippen LogP contribution in [0.15, 0.2) is 12.2 Å². The van der Waals surface area contributed by atoms with Crippen molar-refractivity contribution in [2.75, 3.05) is 13.2 Å². The Balaban J connectivity index is 6.14. The van der Waals surface area contributed by atoms with Gasteiger partial charge in [-0.05, 0) is 13.8 Å². The van der Waals surface area contributed by atoms with Crippen molar-refractivity contribution in [3.05, 3.63) is 12.2 Å². The summed E-state index contributed by atoms with van der Waals surface area (Å²) in [6.45, 7) is 0.392. The van der Waals surface area contributed by atoms with Gasteiger partial charge in [0, 0.05) is 5.57 Å². The molecule has 0 amide bonds. The first-order chi connectivity index (χ1) is 11.9. The van der Waals surface area contributed by atoms with Crippen LogP contribution in [0, 0.1) is 0 Å². The fraction of sp³-hybridized carbons (Fsp3) is 0.583. The zero-order valence-corrected chi connectivity index (χ0v) is 14.4. The van der Waals surface area contributed by atoms with Crippen LogP contribution in [0.1, 0.15) is 13.8 Å². The number of carbonyl (C=O) groups is 3. The van der Waals surface area contributed by atoms with Gasteiger partial charge in [0.05, 0.1) is 0 Å². The van der Waals surface area contributed by atoms with E-state index in [1.165, 1.54) is 0 Å². The number of hydrogen-bond donors (Lipinski definition) is 0. The van der Waals surface area contributed by atoms with E-state index in [4.69, 9.17) is 0 Å². The normalized spacial score (nSPS) is 14.8. The predicted octanol–water partition coefficient (Wildman–Crippen LogP) is 0.651. The molecular weight excluding hydrogens is 415 g/mol. The largest absolute Gasteiger partial charge is 0.743 e. The van der Waals surface area contributed by atoms with E-state index in [-0.39, 0.29) is 0 Å². The maximum atomic E-state index is 13.4. The smallest absolute Gasteiger partial charge is 0.468 e. The van der Waals surface area contributed by atoms with Crippen LogP contribution < -0.4 is 0 Å². The summed E-state index contributed by atoms with van der Waals surface area (Å²) in [4.78, 5) is 33.9. The molecule has 9 nitrogen and oxygen atoms in total.